The molecule has 1 heterocycles. The van der Waals surface area contributed by atoms with Crippen LogP contribution in [0.5, 0.6) is 5.75 Å². The summed E-state index contributed by atoms with van der Waals surface area (Å²) in [5.74, 6) is -0.0310. The number of aromatic nitrogens is 1. The SMILES string of the molecule is CC(=O)Oc1ccc(CCN)c2sc(=O)[nH]c12. The number of rotatable bonds is 3. The topological polar surface area (TPSA) is 85.2 Å². The van der Waals surface area contributed by atoms with E-state index in [9.17, 15) is 9.59 Å². The molecule has 0 fully saturated rings. The average Bonchev–Trinajstić information content (AvgIpc) is 2.63. The van der Waals surface area contributed by atoms with Gasteiger partial charge in [0.15, 0.2) is 5.75 Å². The molecule has 0 spiro atoms. The van der Waals surface area contributed by atoms with Crippen molar-refractivity contribution in [3.8, 4) is 5.75 Å². The van der Waals surface area contributed by atoms with Crippen molar-refractivity contribution in [3.63, 3.8) is 0 Å². The lowest BCUT2D eigenvalue weighted by molar-refractivity contribution is -0.131. The largest absolute Gasteiger partial charge is 0.424 e. The van der Waals surface area contributed by atoms with Crippen molar-refractivity contribution in [1.29, 1.82) is 0 Å². The minimum absolute atomic E-state index is 0.169. The number of aromatic amines is 1. The lowest BCUT2D eigenvalue weighted by Crippen LogP contribution is -2.05. The summed E-state index contributed by atoms with van der Waals surface area (Å²) in [6.07, 6.45) is 0.685. The van der Waals surface area contributed by atoms with Crippen LogP contribution in [0.2, 0.25) is 0 Å². The van der Waals surface area contributed by atoms with Gasteiger partial charge in [-0.3, -0.25) is 9.59 Å². The minimum Gasteiger partial charge on any atom is -0.424 e. The Kier molecular flexibility index (Phi) is 3.26. The van der Waals surface area contributed by atoms with Crippen molar-refractivity contribution >= 4 is 27.5 Å². The second-order valence-electron chi connectivity index (χ2n) is 3.57. The molecular weight excluding hydrogens is 240 g/mol. The summed E-state index contributed by atoms with van der Waals surface area (Å²) in [5.41, 5.74) is 7.07. The Morgan fingerprint density at radius 2 is 2.29 bits per heavy atom. The van der Waals surface area contributed by atoms with Gasteiger partial charge in [0.2, 0.25) is 0 Å². The van der Waals surface area contributed by atoms with Gasteiger partial charge in [-0.1, -0.05) is 17.4 Å². The smallest absolute Gasteiger partial charge is 0.308 e. The summed E-state index contributed by atoms with van der Waals surface area (Å²) in [5, 5.41) is 0. The van der Waals surface area contributed by atoms with Gasteiger partial charge in [0.25, 0.3) is 0 Å². The Hall–Kier alpha value is -1.66. The van der Waals surface area contributed by atoms with E-state index in [1.54, 1.807) is 6.07 Å². The fourth-order valence-corrected chi connectivity index (χ4v) is 2.55. The van der Waals surface area contributed by atoms with Crippen LogP contribution in [-0.2, 0) is 11.2 Å². The number of nitrogens with one attached hydrogen (secondary N) is 1. The molecule has 0 saturated carbocycles. The fraction of sp³-hybridized carbons (Fsp3) is 0.273. The summed E-state index contributed by atoms with van der Waals surface area (Å²) < 4.78 is 5.85. The van der Waals surface area contributed by atoms with Crippen molar-refractivity contribution in [2.45, 2.75) is 13.3 Å². The zero-order valence-corrected chi connectivity index (χ0v) is 10.1. The number of benzene rings is 1. The van der Waals surface area contributed by atoms with Crippen molar-refractivity contribution in [2.75, 3.05) is 6.54 Å². The number of ether oxygens (including phenoxy) is 1. The van der Waals surface area contributed by atoms with E-state index in [2.05, 4.69) is 4.98 Å². The molecule has 3 N–H and O–H groups in total. The molecule has 0 aliphatic carbocycles. The van der Waals surface area contributed by atoms with E-state index in [-0.39, 0.29) is 4.87 Å². The zero-order chi connectivity index (χ0) is 12.4. The van der Waals surface area contributed by atoms with Gasteiger partial charge in [0.05, 0.1) is 4.70 Å². The molecule has 6 heteroatoms. The standard InChI is InChI=1S/C11H12N2O3S/c1-6(14)16-8-3-2-7(4-5-12)10-9(8)13-11(15)17-10/h2-3H,4-5,12H2,1H3,(H,13,15). The lowest BCUT2D eigenvalue weighted by Gasteiger charge is -2.05. The van der Waals surface area contributed by atoms with Gasteiger partial charge >= 0.3 is 10.8 Å². The van der Waals surface area contributed by atoms with Gasteiger partial charge in [-0.25, -0.2) is 0 Å². The van der Waals surface area contributed by atoms with E-state index in [1.165, 1.54) is 6.92 Å². The molecule has 1 aromatic heterocycles. The molecule has 0 bridgehead atoms. The number of thiazole rings is 1. The zero-order valence-electron chi connectivity index (χ0n) is 9.28. The van der Waals surface area contributed by atoms with E-state index in [0.717, 1.165) is 21.6 Å². The summed E-state index contributed by atoms with van der Waals surface area (Å²) in [6.45, 7) is 1.83. The summed E-state index contributed by atoms with van der Waals surface area (Å²) in [4.78, 5) is 24.8. The first-order valence-corrected chi connectivity index (χ1v) is 5.96. The Bertz CT molecular complexity index is 615. The molecule has 0 atom stereocenters. The molecule has 5 nitrogen and oxygen atoms in total. The highest BCUT2D eigenvalue weighted by Gasteiger charge is 2.11. The van der Waals surface area contributed by atoms with Gasteiger partial charge in [-0.05, 0) is 24.6 Å². The predicted molar refractivity (Wildman–Crippen MR) is 66.5 cm³/mol. The molecule has 2 rings (SSSR count). The van der Waals surface area contributed by atoms with Crippen LogP contribution in [0, 0.1) is 0 Å². The third-order valence-electron chi connectivity index (χ3n) is 2.29. The van der Waals surface area contributed by atoms with Crippen molar-refractivity contribution < 1.29 is 9.53 Å². The second-order valence-corrected chi connectivity index (χ2v) is 4.56. The highest BCUT2D eigenvalue weighted by Crippen LogP contribution is 2.29. The van der Waals surface area contributed by atoms with Crippen LogP contribution in [0.1, 0.15) is 12.5 Å². The molecule has 0 radical (unpaired) electrons. The van der Waals surface area contributed by atoms with Gasteiger partial charge in [-0.15, -0.1) is 0 Å². The van der Waals surface area contributed by atoms with Gasteiger partial charge in [0.1, 0.15) is 5.52 Å². The third kappa shape index (κ3) is 2.37. The maximum Gasteiger partial charge on any atom is 0.308 e. The van der Waals surface area contributed by atoms with Crippen LogP contribution in [-0.4, -0.2) is 17.5 Å². The molecule has 0 aliphatic heterocycles. The van der Waals surface area contributed by atoms with Crippen molar-refractivity contribution in [1.82, 2.24) is 4.98 Å². The molecule has 0 aliphatic rings. The number of H-pyrrole nitrogens is 1. The normalized spacial score (nSPS) is 10.7. The Morgan fingerprint density at radius 3 is 2.94 bits per heavy atom. The molecule has 0 amide bonds. The van der Waals surface area contributed by atoms with E-state index < -0.39 is 5.97 Å². The summed E-state index contributed by atoms with van der Waals surface area (Å²) in [6, 6.07) is 3.51. The Balaban J connectivity index is 2.61. The molecule has 0 unspecified atom stereocenters. The number of esters is 1. The highest BCUT2D eigenvalue weighted by atomic mass is 32.1. The quantitative estimate of drug-likeness (QED) is 0.630. The molecule has 0 saturated heterocycles. The fourth-order valence-electron chi connectivity index (χ4n) is 1.66. The maximum atomic E-state index is 11.4. The first-order valence-electron chi connectivity index (χ1n) is 5.15. The van der Waals surface area contributed by atoms with Crippen LogP contribution < -0.4 is 15.3 Å². The number of carbonyl (C=O) groups is 1. The van der Waals surface area contributed by atoms with E-state index in [4.69, 9.17) is 10.5 Å². The Labute approximate surface area is 101 Å². The number of nitrogens with two attached hydrogens (primary N) is 1. The van der Waals surface area contributed by atoms with E-state index in [0.29, 0.717) is 24.2 Å². The van der Waals surface area contributed by atoms with Gasteiger partial charge < -0.3 is 15.5 Å². The maximum absolute atomic E-state index is 11.4. The van der Waals surface area contributed by atoms with E-state index >= 15 is 0 Å². The first-order chi connectivity index (χ1) is 8.11. The minimum atomic E-state index is -0.412. The van der Waals surface area contributed by atoms with E-state index in [1.807, 2.05) is 6.07 Å². The van der Waals surface area contributed by atoms with Gasteiger partial charge in [-0.2, -0.15) is 0 Å². The first kappa shape index (κ1) is 11.8. The Morgan fingerprint density at radius 1 is 1.53 bits per heavy atom. The number of hydrogen-bond acceptors (Lipinski definition) is 5. The van der Waals surface area contributed by atoms with Crippen molar-refractivity contribution in [3.05, 3.63) is 27.4 Å². The lowest BCUT2D eigenvalue weighted by atomic mass is 10.1. The van der Waals surface area contributed by atoms with Crippen LogP contribution in [0.25, 0.3) is 10.2 Å². The molecule has 17 heavy (non-hydrogen) atoms. The molecule has 1 aromatic carbocycles. The van der Waals surface area contributed by atoms with Crippen molar-refractivity contribution in [2.24, 2.45) is 5.73 Å². The van der Waals surface area contributed by atoms with Crippen LogP contribution in [0.3, 0.4) is 0 Å². The van der Waals surface area contributed by atoms with Crippen LogP contribution in [0.4, 0.5) is 0 Å². The van der Waals surface area contributed by atoms with Crippen LogP contribution in [0.15, 0.2) is 16.9 Å². The molecular formula is C11H12N2O3S. The number of fused-ring (bicyclic) bond motifs is 1. The monoisotopic (exact) mass is 252 g/mol. The average molecular weight is 252 g/mol. The third-order valence-corrected chi connectivity index (χ3v) is 3.25. The number of hydrogen-bond donors (Lipinski definition) is 2. The second kappa shape index (κ2) is 4.68. The summed E-state index contributed by atoms with van der Waals surface area (Å²) >= 11 is 1.10. The van der Waals surface area contributed by atoms with Gasteiger partial charge in [0, 0.05) is 6.92 Å². The number of carbonyl (C=O) groups excluding carboxylic acids is 1. The molecule has 90 valence electrons. The summed E-state index contributed by atoms with van der Waals surface area (Å²) in [7, 11) is 0. The predicted octanol–water partition coefficient (Wildman–Crippen LogP) is 1.02. The highest BCUT2D eigenvalue weighted by molar-refractivity contribution is 7.16. The molecule has 2 aromatic rings. The van der Waals surface area contributed by atoms with Crippen LogP contribution >= 0.6 is 11.3 Å².